The molecule has 1 saturated heterocycles. The van der Waals surface area contributed by atoms with Gasteiger partial charge in [0.05, 0.1) is 6.61 Å². The van der Waals surface area contributed by atoms with Crippen LogP contribution < -0.4 is 16.0 Å². The monoisotopic (exact) mass is 327 g/mol. The van der Waals surface area contributed by atoms with Crippen LogP contribution in [-0.4, -0.2) is 49.1 Å². The van der Waals surface area contributed by atoms with Gasteiger partial charge in [0.1, 0.15) is 18.1 Å². The molecule has 23 heavy (non-hydrogen) atoms. The maximum atomic E-state index is 12.2. The average Bonchev–Trinajstić information content (AvgIpc) is 3.24. The van der Waals surface area contributed by atoms with E-state index in [9.17, 15) is 14.4 Å². The summed E-state index contributed by atoms with van der Waals surface area (Å²) in [7, 11) is 0. The quantitative estimate of drug-likeness (QED) is 0.414. The first kappa shape index (κ1) is 19.4. The average molecular weight is 327 g/mol. The van der Waals surface area contributed by atoms with E-state index in [1.165, 1.54) is 0 Å². The number of nitrogens with one attached hydrogen (secondary N) is 3. The molecule has 3 N–H and O–H groups in total. The van der Waals surface area contributed by atoms with Crippen LogP contribution in [0.3, 0.4) is 0 Å². The van der Waals surface area contributed by atoms with Gasteiger partial charge in [-0.2, -0.15) is 0 Å². The number of amides is 2. The first-order valence-electron chi connectivity index (χ1n) is 8.27. The highest BCUT2D eigenvalue weighted by Crippen LogP contribution is 2.14. The van der Waals surface area contributed by atoms with Gasteiger partial charge < -0.3 is 15.4 Å². The molecule has 7 nitrogen and oxygen atoms in total. The number of carbonyl (C=O) groups excluding carboxylic acids is 3. The lowest BCUT2D eigenvalue weighted by molar-refractivity contribution is -0.143. The molecule has 1 fully saturated rings. The molecule has 3 atom stereocenters. The first-order chi connectivity index (χ1) is 10.8. The van der Waals surface area contributed by atoms with Gasteiger partial charge in [0.2, 0.25) is 11.8 Å². The molecular formula is C16H29N3O4. The molecular weight excluding hydrogens is 298 g/mol. The van der Waals surface area contributed by atoms with Crippen molar-refractivity contribution >= 4 is 17.8 Å². The van der Waals surface area contributed by atoms with Crippen LogP contribution >= 0.6 is 0 Å². The molecule has 1 rings (SSSR count). The minimum Gasteiger partial charge on any atom is -0.465 e. The fraction of sp³-hybridized carbons (Fsp3) is 0.812. The van der Waals surface area contributed by atoms with E-state index in [2.05, 4.69) is 16.0 Å². The fourth-order valence-corrected chi connectivity index (χ4v) is 2.19. The summed E-state index contributed by atoms with van der Waals surface area (Å²) >= 11 is 0. The van der Waals surface area contributed by atoms with Crippen LogP contribution in [0.5, 0.6) is 0 Å². The van der Waals surface area contributed by atoms with E-state index < -0.39 is 24.1 Å². The summed E-state index contributed by atoms with van der Waals surface area (Å²) in [6.07, 6.45) is 0.548. The standard InChI is InChI=1S/C16H29N3O4/c1-6-23-16(22)13-12(19-13)15(21)18-11(7-9(2)3)14(20)17-8-10(4)5/h9-13,19H,6-8H2,1-5H3,(H,17,20)(H,18,21)/t11-,12-,13+/m0/s1. The Hall–Kier alpha value is -1.63. The van der Waals surface area contributed by atoms with Gasteiger partial charge in [-0.3, -0.25) is 19.7 Å². The smallest absolute Gasteiger partial charge is 0.325 e. The molecule has 7 heteroatoms. The number of carbonyl (C=O) groups is 3. The van der Waals surface area contributed by atoms with Crippen molar-refractivity contribution in [2.75, 3.05) is 13.2 Å². The third-order valence-electron chi connectivity index (χ3n) is 3.43. The second-order valence-electron chi connectivity index (χ2n) is 6.70. The van der Waals surface area contributed by atoms with E-state index >= 15 is 0 Å². The van der Waals surface area contributed by atoms with Crippen LogP contribution in [0.2, 0.25) is 0 Å². The number of ether oxygens (including phenoxy) is 1. The van der Waals surface area contributed by atoms with Gasteiger partial charge in [0.25, 0.3) is 0 Å². The van der Waals surface area contributed by atoms with Gasteiger partial charge in [-0.15, -0.1) is 0 Å². The lowest BCUT2D eigenvalue weighted by Crippen LogP contribution is -2.49. The van der Waals surface area contributed by atoms with Gasteiger partial charge in [-0.25, -0.2) is 0 Å². The van der Waals surface area contributed by atoms with E-state index in [0.717, 1.165) is 0 Å². The molecule has 132 valence electrons. The highest BCUT2D eigenvalue weighted by atomic mass is 16.5. The summed E-state index contributed by atoms with van der Waals surface area (Å²) in [6.45, 7) is 10.6. The predicted octanol–water partition coefficient (Wildman–Crippen LogP) is 0.193. The van der Waals surface area contributed by atoms with E-state index in [1.54, 1.807) is 6.92 Å². The molecule has 2 amide bonds. The Morgan fingerprint density at radius 3 is 2.26 bits per heavy atom. The largest absolute Gasteiger partial charge is 0.465 e. The van der Waals surface area contributed by atoms with Crippen molar-refractivity contribution in [1.82, 2.24) is 16.0 Å². The van der Waals surface area contributed by atoms with Crippen LogP contribution in [0.15, 0.2) is 0 Å². The summed E-state index contributed by atoms with van der Waals surface area (Å²) in [6, 6.07) is -1.80. The van der Waals surface area contributed by atoms with Crippen molar-refractivity contribution < 1.29 is 19.1 Å². The Balaban J connectivity index is 2.55. The minimum absolute atomic E-state index is 0.186. The van der Waals surface area contributed by atoms with Gasteiger partial charge >= 0.3 is 5.97 Å². The zero-order valence-electron chi connectivity index (χ0n) is 14.6. The van der Waals surface area contributed by atoms with Crippen LogP contribution in [0.1, 0.15) is 41.0 Å². The Labute approximate surface area is 137 Å². The molecule has 0 aromatic carbocycles. The normalized spacial score (nSPS) is 21.0. The molecule has 0 saturated carbocycles. The maximum absolute atomic E-state index is 12.2. The van der Waals surface area contributed by atoms with Crippen LogP contribution in [0, 0.1) is 11.8 Å². The number of hydrogen-bond acceptors (Lipinski definition) is 5. The Morgan fingerprint density at radius 1 is 1.09 bits per heavy atom. The van der Waals surface area contributed by atoms with E-state index in [-0.39, 0.29) is 24.3 Å². The second-order valence-corrected chi connectivity index (χ2v) is 6.70. The molecule has 1 aliphatic rings. The van der Waals surface area contributed by atoms with E-state index in [1.807, 2.05) is 27.7 Å². The molecule has 1 aliphatic heterocycles. The zero-order chi connectivity index (χ0) is 17.6. The molecule has 0 aromatic heterocycles. The minimum atomic E-state index is -0.610. The summed E-state index contributed by atoms with van der Waals surface area (Å²) in [5, 5.41) is 8.36. The zero-order valence-corrected chi connectivity index (χ0v) is 14.6. The molecule has 0 aliphatic carbocycles. The SMILES string of the molecule is CCOC(=O)[C@@H]1N[C@@H]1C(=O)N[C@@H](CC(C)C)C(=O)NCC(C)C. The first-order valence-corrected chi connectivity index (χ1v) is 8.27. The summed E-state index contributed by atoms with van der Waals surface area (Å²) in [5.41, 5.74) is 0. The molecule has 1 heterocycles. The Morgan fingerprint density at radius 2 is 1.74 bits per heavy atom. The molecule has 0 radical (unpaired) electrons. The third-order valence-corrected chi connectivity index (χ3v) is 3.43. The number of rotatable bonds is 9. The van der Waals surface area contributed by atoms with Crippen LogP contribution in [0.25, 0.3) is 0 Å². The van der Waals surface area contributed by atoms with Crippen molar-refractivity contribution in [3.8, 4) is 0 Å². The van der Waals surface area contributed by atoms with E-state index in [4.69, 9.17) is 4.74 Å². The summed E-state index contributed by atoms with van der Waals surface area (Å²) < 4.78 is 4.87. The lowest BCUT2D eigenvalue weighted by Gasteiger charge is -2.20. The fourth-order valence-electron chi connectivity index (χ4n) is 2.19. The summed E-state index contributed by atoms with van der Waals surface area (Å²) in [5.74, 6) is -0.356. The van der Waals surface area contributed by atoms with Gasteiger partial charge in [0, 0.05) is 6.54 Å². The Bertz CT molecular complexity index is 437. The van der Waals surface area contributed by atoms with E-state index in [0.29, 0.717) is 18.9 Å². The van der Waals surface area contributed by atoms with Gasteiger partial charge in [-0.05, 0) is 25.2 Å². The molecule has 0 aromatic rings. The van der Waals surface area contributed by atoms with Gasteiger partial charge in [-0.1, -0.05) is 27.7 Å². The third kappa shape index (κ3) is 6.56. The van der Waals surface area contributed by atoms with Crippen LogP contribution in [-0.2, 0) is 19.1 Å². The van der Waals surface area contributed by atoms with Crippen molar-refractivity contribution in [3.63, 3.8) is 0 Å². The highest BCUT2D eigenvalue weighted by Gasteiger charge is 2.49. The second kappa shape index (κ2) is 8.86. The lowest BCUT2D eigenvalue weighted by atomic mass is 10.0. The molecule has 0 bridgehead atoms. The van der Waals surface area contributed by atoms with Crippen molar-refractivity contribution in [2.45, 2.75) is 59.2 Å². The highest BCUT2D eigenvalue weighted by molar-refractivity contribution is 5.97. The van der Waals surface area contributed by atoms with Gasteiger partial charge in [0.15, 0.2) is 0 Å². The van der Waals surface area contributed by atoms with Crippen molar-refractivity contribution in [1.29, 1.82) is 0 Å². The molecule has 0 unspecified atom stereocenters. The van der Waals surface area contributed by atoms with Crippen molar-refractivity contribution in [2.24, 2.45) is 11.8 Å². The Kier molecular flexibility index (Phi) is 7.48. The number of esters is 1. The van der Waals surface area contributed by atoms with Crippen molar-refractivity contribution in [3.05, 3.63) is 0 Å². The maximum Gasteiger partial charge on any atom is 0.325 e. The van der Waals surface area contributed by atoms with Crippen LogP contribution in [0.4, 0.5) is 0 Å². The number of hydrogen-bond donors (Lipinski definition) is 3. The topological polar surface area (TPSA) is 106 Å². The molecule has 0 spiro atoms. The predicted molar refractivity (Wildman–Crippen MR) is 86.6 cm³/mol. The summed E-state index contributed by atoms with van der Waals surface area (Å²) in [4.78, 5) is 36.0.